The molecule has 0 spiro atoms. The second-order valence-corrected chi connectivity index (χ2v) is 6.11. The van der Waals surface area contributed by atoms with Crippen LogP contribution in [0.5, 0.6) is 5.75 Å². The van der Waals surface area contributed by atoms with Crippen molar-refractivity contribution in [2.45, 2.75) is 20.3 Å². The fourth-order valence-electron chi connectivity index (χ4n) is 2.19. The van der Waals surface area contributed by atoms with Crippen LogP contribution < -0.4 is 10.1 Å². The highest BCUT2D eigenvalue weighted by Gasteiger charge is 2.04. The summed E-state index contributed by atoms with van der Waals surface area (Å²) in [6, 6.07) is 8.13. The van der Waals surface area contributed by atoms with E-state index in [1.165, 1.54) is 11.1 Å². The van der Waals surface area contributed by atoms with E-state index >= 15 is 0 Å². The molecule has 22 heavy (non-hydrogen) atoms. The molecule has 4 heteroatoms. The predicted octanol–water partition coefficient (Wildman–Crippen LogP) is 3.75. The lowest BCUT2D eigenvalue weighted by atomic mass is 10.1. The van der Waals surface area contributed by atoms with Gasteiger partial charge in [-0.2, -0.15) is 0 Å². The fraction of sp³-hybridized carbons (Fsp3) is 0.278. The highest BCUT2D eigenvalue weighted by Crippen LogP contribution is 2.20. The lowest BCUT2D eigenvalue weighted by molar-refractivity contribution is -0.116. The summed E-state index contributed by atoms with van der Waals surface area (Å²) in [5.41, 5.74) is 3.50. The Morgan fingerprint density at radius 3 is 2.82 bits per heavy atom. The van der Waals surface area contributed by atoms with Gasteiger partial charge < -0.3 is 10.1 Å². The molecule has 0 unspecified atom stereocenters. The number of benzene rings is 1. The number of rotatable bonds is 6. The van der Waals surface area contributed by atoms with E-state index < -0.39 is 0 Å². The first-order valence-electron chi connectivity index (χ1n) is 7.23. The van der Waals surface area contributed by atoms with Gasteiger partial charge in [0.25, 0.3) is 0 Å². The van der Waals surface area contributed by atoms with Gasteiger partial charge in [0, 0.05) is 17.5 Å². The number of ether oxygens (including phenoxy) is 1. The number of hydrogen-bond acceptors (Lipinski definition) is 3. The van der Waals surface area contributed by atoms with Crippen LogP contribution in [0.2, 0.25) is 0 Å². The lowest BCUT2D eigenvalue weighted by Crippen LogP contribution is -2.23. The second kappa shape index (κ2) is 7.80. The highest BCUT2D eigenvalue weighted by atomic mass is 32.1. The third kappa shape index (κ3) is 4.46. The van der Waals surface area contributed by atoms with Crippen molar-refractivity contribution in [2.24, 2.45) is 0 Å². The maximum absolute atomic E-state index is 11.8. The van der Waals surface area contributed by atoms with E-state index in [0.717, 1.165) is 22.6 Å². The topological polar surface area (TPSA) is 38.3 Å². The molecule has 1 heterocycles. The highest BCUT2D eigenvalue weighted by molar-refractivity contribution is 7.11. The fourth-order valence-corrected chi connectivity index (χ4v) is 3.01. The van der Waals surface area contributed by atoms with E-state index in [9.17, 15) is 4.79 Å². The van der Waals surface area contributed by atoms with Crippen LogP contribution in [0.3, 0.4) is 0 Å². The van der Waals surface area contributed by atoms with Crippen molar-refractivity contribution in [2.75, 3.05) is 13.7 Å². The van der Waals surface area contributed by atoms with Crippen molar-refractivity contribution < 1.29 is 9.53 Å². The van der Waals surface area contributed by atoms with Gasteiger partial charge in [0.05, 0.1) is 7.11 Å². The number of aryl methyl sites for hydroxylation is 2. The average Bonchev–Trinajstić information content (AvgIpc) is 2.91. The summed E-state index contributed by atoms with van der Waals surface area (Å²) in [6.07, 6.45) is 4.21. The zero-order chi connectivity index (χ0) is 15.9. The average molecular weight is 315 g/mol. The van der Waals surface area contributed by atoms with Gasteiger partial charge in [0.2, 0.25) is 5.91 Å². The maximum Gasteiger partial charge on any atom is 0.244 e. The predicted molar refractivity (Wildman–Crippen MR) is 92.5 cm³/mol. The number of carbonyl (C=O) groups excluding carboxylic acids is 1. The molecule has 1 N–H and O–H groups in total. The molecule has 2 aromatic rings. The molecule has 0 saturated heterocycles. The Kier molecular flexibility index (Phi) is 5.78. The monoisotopic (exact) mass is 315 g/mol. The maximum atomic E-state index is 11.8. The van der Waals surface area contributed by atoms with E-state index in [-0.39, 0.29) is 5.91 Å². The molecular weight excluding hydrogens is 294 g/mol. The first-order chi connectivity index (χ1) is 10.6. The van der Waals surface area contributed by atoms with E-state index in [0.29, 0.717) is 6.54 Å². The van der Waals surface area contributed by atoms with Crippen LogP contribution in [-0.4, -0.2) is 19.6 Å². The van der Waals surface area contributed by atoms with Crippen LogP contribution in [-0.2, 0) is 11.2 Å². The SMILES string of the molecule is COc1ccc(C)cc1CCNC(=O)/C=C/c1sccc1C. The Morgan fingerprint density at radius 1 is 1.32 bits per heavy atom. The number of nitrogens with one attached hydrogen (secondary N) is 1. The second-order valence-electron chi connectivity index (χ2n) is 5.16. The smallest absolute Gasteiger partial charge is 0.244 e. The minimum atomic E-state index is -0.0700. The van der Waals surface area contributed by atoms with Gasteiger partial charge in [-0.3, -0.25) is 4.79 Å². The number of hydrogen-bond donors (Lipinski definition) is 1. The van der Waals surface area contributed by atoms with Gasteiger partial charge in [-0.1, -0.05) is 17.7 Å². The molecule has 2 rings (SSSR count). The zero-order valence-electron chi connectivity index (χ0n) is 13.2. The molecule has 0 aliphatic heterocycles. The van der Waals surface area contributed by atoms with Crippen molar-refractivity contribution in [3.63, 3.8) is 0 Å². The number of thiophene rings is 1. The number of amides is 1. The van der Waals surface area contributed by atoms with Gasteiger partial charge in [-0.25, -0.2) is 0 Å². The van der Waals surface area contributed by atoms with Gasteiger partial charge in [-0.15, -0.1) is 11.3 Å². The molecule has 0 aliphatic rings. The Morgan fingerprint density at radius 2 is 2.14 bits per heavy atom. The van der Waals surface area contributed by atoms with Gasteiger partial charge in [0.15, 0.2) is 0 Å². The molecule has 1 aromatic heterocycles. The quantitative estimate of drug-likeness (QED) is 0.825. The number of carbonyl (C=O) groups is 1. The van der Waals surface area contributed by atoms with Crippen molar-refractivity contribution in [3.8, 4) is 5.75 Å². The third-order valence-corrected chi connectivity index (χ3v) is 4.40. The van der Waals surface area contributed by atoms with E-state index in [4.69, 9.17) is 4.74 Å². The van der Waals surface area contributed by atoms with Gasteiger partial charge in [-0.05, 0) is 55.0 Å². The van der Waals surface area contributed by atoms with Crippen LogP contribution in [0.4, 0.5) is 0 Å². The molecule has 0 saturated carbocycles. The summed E-state index contributed by atoms with van der Waals surface area (Å²) in [7, 11) is 1.67. The lowest BCUT2D eigenvalue weighted by Gasteiger charge is -2.09. The Bertz CT molecular complexity index is 673. The largest absolute Gasteiger partial charge is 0.496 e. The minimum Gasteiger partial charge on any atom is -0.496 e. The molecule has 0 fully saturated rings. The van der Waals surface area contributed by atoms with E-state index in [2.05, 4.69) is 11.4 Å². The van der Waals surface area contributed by atoms with Gasteiger partial charge >= 0.3 is 0 Å². The minimum absolute atomic E-state index is 0.0700. The Labute approximate surface area is 135 Å². The molecule has 3 nitrogen and oxygen atoms in total. The molecule has 0 aliphatic carbocycles. The van der Waals surface area contributed by atoms with Crippen molar-refractivity contribution in [1.29, 1.82) is 0 Å². The summed E-state index contributed by atoms with van der Waals surface area (Å²) in [5.74, 6) is 0.795. The summed E-state index contributed by atoms with van der Waals surface area (Å²) in [4.78, 5) is 13.0. The first kappa shape index (κ1) is 16.3. The normalized spacial score (nSPS) is 10.9. The number of methoxy groups -OCH3 is 1. The summed E-state index contributed by atoms with van der Waals surface area (Å²) in [5, 5.41) is 4.93. The van der Waals surface area contributed by atoms with E-state index in [1.54, 1.807) is 24.5 Å². The van der Waals surface area contributed by atoms with E-state index in [1.807, 2.05) is 43.5 Å². The Hall–Kier alpha value is -2.07. The molecule has 116 valence electrons. The summed E-state index contributed by atoms with van der Waals surface area (Å²) in [6.45, 7) is 4.68. The van der Waals surface area contributed by atoms with Crippen LogP contribution in [0, 0.1) is 13.8 Å². The molecule has 0 radical (unpaired) electrons. The zero-order valence-corrected chi connectivity index (χ0v) is 14.0. The molecular formula is C18H21NO2S. The van der Waals surface area contributed by atoms with Gasteiger partial charge in [0.1, 0.15) is 5.75 Å². The van der Waals surface area contributed by atoms with Crippen molar-refractivity contribution in [1.82, 2.24) is 5.32 Å². The van der Waals surface area contributed by atoms with Crippen LogP contribution in [0.1, 0.15) is 21.6 Å². The molecule has 1 amide bonds. The first-order valence-corrected chi connectivity index (χ1v) is 8.11. The van der Waals surface area contributed by atoms with Crippen molar-refractivity contribution >= 4 is 23.3 Å². The standard InChI is InChI=1S/C18H21NO2S/c1-13-4-5-16(21-3)15(12-13)8-10-19-18(20)7-6-17-14(2)9-11-22-17/h4-7,9,11-12H,8,10H2,1-3H3,(H,19,20)/b7-6+. The van der Waals surface area contributed by atoms with Crippen LogP contribution in [0.25, 0.3) is 6.08 Å². The van der Waals surface area contributed by atoms with Crippen LogP contribution >= 0.6 is 11.3 Å². The Balaban J connectivity index is 1.86. The third-order valence-electron chi connectivity index (χ3n) is 3.42. The molecule has 1 aromatic carbocycles. The van der Waals surface area contributed by atoms with Crippen molar-refractivity contribution in [3.05, 3.63) is 57.3 Å². The molecule has 0 atom stereocenters. The summed E-state index contributed by atoms with van der Waals surface area (Å²) < 4.78 is 5.34. The molecule has 0 bridgehead atoms. The summed E-state index contributed by atoms with van der Waals surface area (Å²) >= 11 is 1.64. The van der Waals surface area contributed by atoms with Crippen LogP contribution in [0.15, 0.2) is 35.7 Å².